The van der Waals surface area contributed by atoms with Gasteiger partial charge in [-0.15, -0.1) is 0 Å². The molecule has 1 heterocycles. The van der Waals surface area contributed by atoms with Crippen LogP contribution in [-0.4, -0.2) is 30.6 Å². The van der Waals surface area contributed by atoms with Gasteiger partial charge in [-0.25, -0.2) is 5.01 Å². The Morgan fingerprint density at radius 2 is 2.20 bits per heavy atom. The molecule has 0 N–H and O–H groups in total. The van der Waals surface area contributed by atoms with Gasteiger partial charge in [0.2, 0.25) is 0 Å². The molecular formula is C10H13N3O2. The molecule has 0 atom stereocenters. The Bertz CT molecular complexity index is 404. The van der Waals surface area contributed by atoms with E-state index in [1.165, 1.54) is 0 Å². The van der Waals surface area contributed by atoms with Crippen LogP contribution in [0.1, 0.15) is 5.56 Å². The summed E-state index contributed by atoms with van der Waals surface area (Å²) in [4.78, 5) is 10.2. The van der Waals surface area contributed by atoms with Gasteiger partial charge in [-0.05, 0) is 18.1 Å². The maximum Gasteiger partial charge on any atom is 0.269 e. The van der Waals surface area contributed by atoms with E-state index in [1.54, 1.807) is 12.1 Å². The fraction of sp³-hybridized carbons (Fsp3) is 0.400. The van der Waals surface area contributed by atoms with Gasteiger partial charge in [-0.3, -0.25) is 10.1 Å². The molecule has 0 aromatic heterocycles. The van der Waals surface area contributed by atoms with Crippen LogP contribution in [-0.2, 0) is 6.42 Å². The minimum atomic E-state index is -0.349. The maximum absolute atomic E-state index is 10.6. The van der Waals surface area contributed by atoms with Crippen LogP contribution in [0.4, 0.5) is 11.4 Å². The Morgan fingerprint density at radius 1 is 1.47 bits per heavy atom. The molecule has 0 amide bonds. The van der Waals surface area contributed by atoms with Gasteiger partial charge in [0.25, 0.3) is 5.69 Å². The van der Waals surface area contributed by atoms with Gasteiger partial charge < -0.3 is 5.01 Å². The van der Waals surface area contributed by atoms with Gasteiger partial charge in [-0.1, -0.05) is 0 Å². The van der Waals surface area contributed by atoms with E-state index in [-0.39, 0.29) is 10.6 Å². The molecule has 0 bridgehead atoms. The Hall–Kier alpha value is -1.62. The number of benzene rings is 1. The lowest BCUT2D eigenvalue weighted by atomic mass is 10.1. The number of hydrogen-bond donors (Lipinski definition) is 0. The standard InChI is InChI=1S/C10H13N3O2/c1-11(2)12-6-5-8-7-9(13(14)15)3-4-10(8)12/h3-4,7H,5-6H2,1-2H3. The van der Waals surface area contributed by atoms with Gasteiger partial charge in [0.05, 0.1) is 10.6 Å². The molecule has 5 nitrogen and oxygen atoms in total. The quantitative estimate of drug-likeness (QED) is 0.543. The first-order chi connectivity index (χ1) is 7.09. The number of nitro benzene ring substituents is 1. The van der Waals surface area contributed by atoms with Crippen LogP contribution < -0.4 is 5.01 Å². The monoisotopic (exact) mass is 207 g/mol. The number of rotatable bonds is 2. The molecule has 0 unspecified atom stereocenters. The highest BCUT2D eigenvalue weighted by Gasteiger charge is 2.22. The molecule has 0 saturated heterocycles. The lowest BCUT2D eigenvalue weighted by Crippen LogP contribution is -2.35. The molecule has 0 aliphatic carbocycles. The molecule has 1 aliphatic heterocycles. The van der Waals surface area contributed by atoms with E-state index < -0.39 is 0 Å². The molecule has 15 heavy (non-hydrogen) atoms. The number of hydrogen-bond acceptors (Lipinski definition) is 4. The number of non-ortho nitro benzene ring substituents is 1. The van der Waals surface area contributed by atoms with Crippen molar-refractivity contribution in [2.45, 2.75) is 6.42 Å². The van der Waals surface area contributed by atoms with Crippen molar-refractivity contribution in [2.75, 3.05) is 25.6 Å². The summed E-state index contributed by atoms with van der Waals surface area (Å²) in [5.74, 6) is 0. The van der Waals surface area contributed by atoms with Gasteiger partial charge in [0, 0.05) is 32.8 Å². The largest absolute Gasteiger partial charge is 0.306 e. The van der Waals surface area contributed by atoms with E-state index in [4.69, 9.17) is 0 Å². The Kier molecular flexibility index (Phi) is 2.32. The van der Waals surface area contributed by atoms with Gasteiger partial charge in [0.15, 0.2) is 0 Å². The van der Waals surface area contributed by atoms with Crippen molar-refractivity contribution in [1.82, 2.24) is 5.01 Å². The number of fused-ring (bicyclic) bond motifs is 1. The van der Waals surface area contributed by atoms with Crippen LogP contribution in [0.5, 0.6) is 0 Å². The predicted octanol–water partition coefficient (Wildman–Crippen LogP) is 1.43. The van der Waals surface area contributed by atoms with Crippen molar-refractivity contribution in [3.63, 3.8) is 0 Å². The fourth-order valence-corrected chi connectivity index (χ4v) is 1.90. The van der Waals surface area contributed by atoms with Crippen molar-refractivity contribution in [1.29, 1.82) is 0 Å². The van der Waals surface area contributed by atoms with E-state index in [0.29, 0.717) is 0 Å². The van der Waals surface area contributed by atoms with Gasteiger partial charge in [0.1, 0.15) is 0 Å². The average Bonchev–Trinajstić information content (AvgIpc) is 2.59. The summed E-state index contributed by atoms with van der Waals surface area (Å²) in [7, 11) is 3.94. The van der Waals surface area contributed by atoms with Crippen LogP contribution in [0.2, 0.25) is 0 Å². The number of anilines is 1. The number of nitrogens with zero attached hydrogens (tertiary/aromatic N) is 3. The van der Waals surface area contributed by atoms with Gasteiger partial charge >= 0.3 is 0 Å². The lowest BCUT2D eigenvalue weighted by Gasteiger charge is -2.26. The minimum absolute atomic E-state index is 0.175. The van der Waals surface area contributed by atoms with Crippen LogP contribution in [0.3, 0.4) is 0 Å². The molecule has 2 rings (SSSR count). The highest BCUT2D eigenvalue weighted by atomic mass is 16.6. The van der Waals surface area contributed by atoms with Crippen molar-refractivity contribution in [3.05, 3.63) is 33.9 Å². The average molecular weight is 207 g/mol. The summed E-state index contributed by atoms with van der Waals surface area (Å²) in [5, 5.41) is 14.7. The zero-order valence-electron chi connectivity index (χ0n) is 8.80. The maximum atomic E-state index is 10.6. The molecule has 1 aromatic rings. The summed E-state index contributed by atoms with van der Waals surface area (Å²) < 4.78 is 0. The van der Waals surface area contributed by atoms with Crippen LogP contribution >= 0.6 is 0 Å². The SMILES string of the molecule is CN(C)N1CCc2cc([N+](=O)[O-])ccc21. The molecule has 1 aromatic carbocycles. The second-order valence-corrected chi connectivity index (χ2v) is 3.79. The van der Waals surface area contributed by atoms with Crippen LogP contribution in [0.15, 0.2) is 18.2 Å². The molecular weight excluding hydrogens is 194 g/mol. The van der Waals surface area contributed by atoms with E-state index in [9.17, 15) is 10.1 Å². The van der Waals surface area contributed by atoms with E-state index in [1.807, 2.05) is 25.2 Å². The summed E-state index contributed by atoms with van der Waals surface area (Å²) in [6, 6.07) is 5.04. The van der Waals surface area contributed by atoms with Crippen molar-refractivity contribution >= 4 is 11.4 Å². The predicted molar refractivity (Wildman–Crippen MR) is 57.8 cm³/mol. The Labute approximate surface area is 88.0 Å². The summed E-state index contributed by atoms with van der Waals surface area (Å²) in [6.07, 6.45) is 0.870. The van der Waals surface area contributed by atoms with Crippen molar-refractivity contribution < 1.29 is 4.92 Å². The van der Waals surface area contributed by atoms with Gasteiger partial charge in [-0.2, -0.15) is 0 Å². The van der Waals surface area contributed by atoms with Crippen molar-refractivity contribution in [3.8, 4) is 0 Å². The normalized spacial score (nSPS) is 14.5. The zero-order valence-corrected chi connectivity index (χ0v) is 8.80. The minimum Gasteiger partial charge on any atom is -0.306 e. The van der Waals surface area contributed by atoms with Crippen molar-refractivity contribution in [2.24, 2.45) is 0 Å². The molecule has 1 aliphatic rings. The number of nitro groups is 1. The first kappa shape index (κ1) is 9.92. The van der Waals surface area contributed by atoms with E-state index >= 15 is 0 Å². The second-order valence-electron chi connectivity index (χ2n) is 3.79. The summed E-state index contributed by atoms with van der Waals surface area (Å²) in [5.41, 5.74) is 2.30. The smallest absolute Gasteiger partial charge is 0.269 e. The molecule has 0 radical (unpaired) electrons. The fourth-order valence-electron chi connectivity index (χ4n) is 1.90. The highest BCUT2D eigenvalue weighted by molar-refractivity contribution is 5.60. The van der Waals surface area contributed by atoms with Crippen LogP contribution in [0, 0.1) is 10.1 Å². The number of hydrazine groups is 1. The summed E-state index contributed by atoms with van der Waals surface area (Å²) >= 11 is 0. The zero-order chi connectivity index (χ0) is 11.0. The lowest BCUT2D eigenvalue weighted by molar-refractivity contribution is -0.384. The topological polar surface area (TPSA) is 49.6 Å². The molecule has 0 spiro atoms. The third kappa shape index (κ3) is 1.66. The Balaban J connectivity index is 2.37. The third-order valence-electron chi connectivity index (χ3n) is 2.63. The van der Waals surface area contributed by atoms with E-state index in [2.05, 4.69) is 5.01 Å². The first-order valence-corrected chi connectivity index (χ1v) is 4.81. The van der Waals surface area contributed by atoms with Crippen LogP contribution in [0.25, 0.3) is 0 Å². The highest BCUT2D eigenvalue weighted by Crippen LogP contribution is 2.31. The molecule has 0 fully saturated rings. The Morgan fingerprint density at radius 3 is 2.80 bits per heavy atom. The molecule has 0 saturated carbocycles. The third-order valence-corrected chi connectivity index (χ3v) is 2.63. The van der Waals surface area contributed by atoms with E-state index in [0.717, 1.165) is 24.2 Å². The second kappa shape index (κ2) is 3.51. The first-order valence-electron chi connectivity index (χ1n) is 4.81. The summed E-state index contributed by atoms with van der Waals surface area (Å²) in [6.45, 7) is 0.892. The molecule has 5 heteroatoms. The molecule has 80 valence electrons.